The van der Waals surface area contributed by atoms with E-state index in [-0.39, 0.29) is 11.3 Å². The summed E-state index contributed by atoms with van der Waals surface area (Å²) in [5.74, 6) is -0.0465. The molecule has 1 heterocycles. The van der Waals surface area contributed by atoms with Crippen LogP contribution in [0.5, 0.6) is 0 Å². The van der Waals surface area contributed by atoms with Crippen LogP contribution in [0.4, 0.5) is 0 Å². The molecule has 1 aromatic heterocycles. The number of halogens is 1. The minimum Gasteiger partial charge on any atom is -0.303 e. The van der Waals surface area contributed by atoms with E-state index in [1.807, 2.05) is 54.6 Å². The number of nitrogens with zero attached hydrogens (tertiary/aromatic N) is 1. The smallest absolute Gasteiger partial charge is 0.259 e. The average molecular weight is 372 g/mol. The summed E-state index contributed by atoms with van der Waals surface area (Å²) in [7, 11) is 0. The number of carbonyl (C=O) groups is 1. The Hall–Kier alpha value is -3.17. The fourth-order valence-electron chi connectivity index (χ4n) is 3.87. The number of aromatic nitrogens is 1. The normalized spacial score (nSPS) is 12.3. The molecule has 0 saturated carbocycles. The molecule has 3 nitrogen and oxygen atoms in total. The highest BCUT2D eigenvalue weighted by atomic mass is 35.5. The van der Waals surface area contributed by atoms with Gasteiger partial charge in [-0.25, -0.2) is 0 Å². The molecule has 1 aliphatic carbocycles. The molecule has 0 bridgehead atoms. The van der Waals surface area contributed by atoms with Crippen LogP contribution in [-0.2, 0) is 6.54 Å². The molecule has 4 aromatic rings. The molecule has 0 saturated heterocycles. The van der Waals surface area contributed by atoms with Gasteiger partial charge in [-0.2, -0.15) is 0 Å². The lowest BCUT2D eigenvalue weighted by molar-refractivity contribution is 0.104. The highest BCUT2D eigenvalue weighted by molar-refractivity contribution is 6.32. The lowest BCUT2D eigenvalue weighted by Crippen LogP contribution is -2.24. The maximum absolute atomic E-state index is 13.4. The Bertz CT molecular complexity index is 1290. The summed E-state index contributed by atoms with van der Waals surface area (Å²) in [5.41, 5.74) is 3.58. The number of carbonyl (C=O) groups excluding carboxylic acids is 1. The van der Waals surface area contributed by atoms with Crippen molar-refractivity contribution in [1.82, 2.24) is 4.57 Å². The van der Waals surface area contributed by atoms with Crippen LogP contribution in [0.1, 0.15) is 21.5 Å². The Morgan fingerprint density at radius 3 is 2.26 bits per heavy atom. The average Bonchev–Trinajstić information content (AvgIpc) is 2.99. The van der Waals surface area contributed by atoms with Gasteiger partial charge in [0, 0.05) is 26.9 Å². The molecule has 1 aliphatic rings. The number of rotatable bonds is 2. The Labute approximate surface area is 160 Å². The van der Waals surface area contributed by atoms with Crippen molar-refractivity contribution in [2.24, 2.45) is 0 Å². The van der Waals surface area contributed by atoms with Gasteiger partial charge < -0.3 is 4.57 Å². The molecule has 130 valence electrons. The van der Waals surface area contributed by atoms with Crippen LogP contribution < -0.4 is 5.56 Å². The number of pyridine rings is 1. The van der Waals surface area contributed by atoms with Crippen molar-refractivity contribution in [3.8, 4) is 11.3 Å². The zero-order chi connectivity index (χ0) is 18.5. The van der Waals surface area contributed by atoms with Crippen LogP contribution in [-0.4, -0.2) is 10.4 Å². The van der Waals surface area contributed by atoms with Gasteiger partial charge in [0.15, 0.2) is 5.78 Å². The Morgan fingerprint density at radius 1 is 0.778 bits per heavy atom. The fraction of sp³-hybridized carbons (Fsp3) is 0.0435. The zero-order valence-electron chi connectivity index (χ0n) is 14.3. The Balaban J connectivity index is 1.91. The Morgan fingerprint density at radius 2 is 1.48 bits per heavy atom. The Kier molecular flexibility index (Phi) is 3.52. The van der Waals surface area contributed by atoms with E-state index < -0.39 is 0 Å². The first-order valence-corrected chi connectivity index (χ1v) is 9.07. The maximum atomic E-state index is 13.4. The monoisotopic (exact) mass is 371 g/mol. The first-order chi connectivity index (χ1) is 13.1. The summed E-state index contributed by atoms with van der Waals surface area (Å²) < 4.78 is 1.70. The van der Waals surface area contributed by atoms with Gasteiger partial charge in [0.05, 0.1) is 17.8 Å². The molecule has 0 aliphatic heterocycles. The summed E-state index contributed by atoms with van der Waals surface area (Å²) in [5, 5.41) is 1.61. The van der Waals surface area contributed by atoms with E-state index in [9.17, 15) is 9.59 Å². The van der Waals surface area contributed by atoms with Gasteiger partial charge in [-0.05, 0) is 17.7 Å². The molecule has 0 radical (unpaired) electrons. The minimum absolute atomic E-state index is 0.0465. The van der Waals surface area contributed by atoms with Crippen LogP contribution in [0.2, 0.25) is 5.02 Å². The van der Waals surface area contributed by atoms with E-state index in [1.54, 1.807) is 22.8 Å². The molecular formula is C23H14ClNO2. The molecule has 27 heavy (non-hydrogen) atoms. The number of fused-ring (bicyclic) bond motifs is 5. The van der Waals surface area contributed by atoms with Crippen molar-refractivity contribution in [3.63, 3.8) is 0 Å². The third kappa shape index (κ3) is 2.36. The molecule has 0 amide bonds. The number of hydrogen-bond acceptors (Lipinski definition) is 2. The first-order valence-electron chi connectivity index (χ1n) is 8.69. The van der Waals surface area contributed by atoms with Crippen LogP contribution in [0.15, 0.2) is 77.6 Å². The van der Waals surface area contributed by atoms with Crippen molar-refractivity contribution >= 4 is 28.2 Å². The van der Waals surface area contributed by atoms with Crippen molar-refractivity contribution in [1.29, 1.82) is 0 Å². The summed E-state index contributed by atoms with van der Waals surface area (Å²) in [6.45, 7) is 0.395. The second-order valence-corrected chi connectivity index (χ2v) is 7.10. The van der Waals surface area contributed by atoms with E-state index in [0.29, 0.717) is 39.2 Å². The SMILES string of the molecule is O=C1c2ccccc2-c2c1c1ccc(Cl)cc1c(=O)n2Cc1ccccc1. The van der Waals surface area contributed by atoms with Gasteiger partial charge in [0.25, 0.3) is 5.56 Å². The van der Waals surface area contributed by atoms with E-state index >= 15 is 0 Å². The van der Waals surface area contributed by atoms with Crippen LogP contribution >= 0.6 is 11.6 Å². The van der Waals surface area contributed by atoms with Crippen LogP contribution in [0, 0.1) is 0 Å². The predicted molar refractivity (Wildman–Crippen MR) is 108 cm³/mol. The topological polar surface area (TPSA) is 39.1 Å². The summed E-state index contributed by atoms with van der Waals surface area (Å²) in [6, 6.07) is 22.4. The van der Waals surface area contributed by atoms with Crippen molar-refractivity contribution < 1.29 is 4.79 Å². The quantitative estimate of drug-likeness (QED) is 0.442. The zero-order valence-corrected chi connectivity index (χ0v) is 15.0. The van der Waals surface area contributed by atoms with Gasteiger partial charge in [-0.1, -0.05) is 72.3 Å². The second-order valence-electron chi connectivity index (χ2n) is 6.67. The summed E-state index contributed by atoms with van der Waals surface area (Å²) in [6.07, 6.45) is 0. The minimum atomic E-state index is -0.139. The van der Waals surface area contributed by atoms with E-state index in [0.717, 1.165) is 11.1 Å². The highest BCUT2D eigenvalue weighted by Crippen LogP contribution is 2.39. The molecular weight excluding hydrogens is 358 g/mol. The van der Waals surface area contributed by atoms with Crippen molar-refractivity contribution in [2.45, 2.75) is 6.54 Å². The van der Waals surface area contributed by atoms with E-state index in [4.69, 9.17) is 11.6 Å². The standard InChI is InChI=1S/C23H14ClNO2/c24-15-10-11-16-19(12-15)23(27)25(13-14-6-2-1-3-7-14)21-17-8-4-5-9-18(17)22(26)20(16)21/h1-12H,13H2. The van der Waals surface area contributed by atoms with Gasteiger partial charge >= 0.3 is 0 Å². The lowest BCUT2D eigenvalue weighted by Gasteiger charge is -2.15. The van der Waals surface area contributed by atoms with E-state index in [1.165, 1.54) is 0 Å². The summed E-state index contributed by atoms with van der Waals surface area (Å²) in [4.78, 5) is 26.5. The van der Waals surface area contributed by atoms with Crippen molar-refractivity contribution in [3.05, 3.63) is 105 Å². The molecule has 0 spiro atoms. The molecule has 0 unspecified atom stereocenters. The number of ketones is 1. The van der Waals surface area contributed by atoms with Crippen LogP contribution in [0.3, 0.4) is 0 Å². The molecule has 4 heteroatoms. The second kappa shape index (κ2) is 5.93. The number of hydrogen-bond donors (Lipinski definition) is 0. The van der Waals surface area contributed by atoms with Gasteiger partial charge in [-0.3, -0.25) is 9.59 Å². The third-order valence-electron chi connectivity index (χ3n) is 5.07. The van der Waals surface area contributed by atoms with Crippen LogP contribution in [0.25, 0.3) is 22.0 Å². The third-order valence-corrected chi connectivity index (χ3v) is 5.31. The molecule has 5 rings (SSSR count). The lowest BCUT2D eigenvalue weighted by atomic mass is 10.0. The van der Waals surface area contributed by atoms with Gasteiger partial charge in [0.2, 0.25) is 0 Å². The molecule has 0 atom stereocenters. The maximum Gasteiger partial charge on any atom is 0.259 e. The molecule has 0 fully saturated rings. The summed E-state index contributed by atoms with van der Waals surface area (Å²) >= 11 is 6.15. The molecule has 0 N–H and O–H groups in total. The largest absolute Gasteiger partial charge is 0.303 e. The predicted octanol–water partition coefficient (Wildman–Crippen LogP) is 4.91. The highest BCUT2D eigenvalue weighted by Gasteiger charge is 2.32. The van der Waals surface area contributed by atoms with Crippen molar-refractivity contribution in [2.75, 3.05) is 0 Å². The first kappa shape index (κ1) is 16.0. The van der Waals surface area contributed by atoms with E-state index in [2.05, 4.69) is 0 Å². The molecule has 3 aromatic carbocycles. The van der Waals surface area contributed by atoms with Gasteiger partial charge in [-0.15, -0.1) is 0 Å². The number of benzene rings is 3. The fourth-order valence-corrected chi connectivity index (χ4v) is 4.04. The van der Waals surface area contributed by atoms with Gasteiger partial charge in [0.1, 0.15) is 0 Å².